The van der Waals surface area contributed by atoms with Crippen molar-refractivity contribution in [1.29, 1.82) is 0 Å². The van der Waals surface area contributed by atoms with Gasteiger partial charge in [-0.1, -0.05) is 18.2 Å². The zero-order valence-corrected chi connectivity index (χ0v) is 14.7. The van der Waals surface area contributed by atoms with E-state index in [4.69, 9.17) is 0 Å². The van der Waals surface area contributed by atoms with Crippen molar-refractivity contribution in [2.24, 2.45) is 0 Å². The fourth-order valence-corrected chi connectivity index (χ4v) is 3.08. The highest BCUT2D eigenvalue weighted by molar-refractivity contribution is 5.96. The topological polar surface area (TPSA) is 85.9 Å². The van der Waals surface area contributed by atoms with Crippen LogP contribution in [-0.4, -0.2) is 19.7 Å². The molecule has 7 heteroatoms. The summed E-state index contributed by atoms with van der Waals surface area (Å²) >= 11 is 0. The van der Waals surface area contributed by atoms with Gasteiger partial charge in [-0.15, -0.1) is 0 Å². The Morgan fingerprint density at radius 3 is 2.74 bits per heavy atom. The van der Waals surface area contributed by atoms with Crippen molar-refractivity contribution >= 4 is 22.3 Å². The number of non-ortho nitro benzene ring substituents is 1. The summed E-state index contributed by atoms with van der Waals surface area (Å²) in [5.41, 5.74) is 4.38. The number of pyridine rings is 1. The van der Waals surface area contributed by atoms with Gasteiger partial charge in [-0.2, -0.15) is 5.10 Å². The molecule has 0 saturated carbocycles. The van der Waals surface area contributed by atoms with Crippen LogP contribution in [0.5, 0.6) is 0 Å². The third kappa shape index (κ3) is 3.22. The van der Waals surface area contributed by atoms with Crippen molar-refractivity contribution in [3.05, 3.63) is 88.4 Å². The van der Waals surface area contributed by atoms with E-state index in [1.165, 1.54) is 6.07 Å². The number of hydrogen-bond acceptors (Lipinski definition) is 5. The monoisotopic (exact) mass is 359 g/mol. The number of hydrogen-bond donors (Lipinski definition) is 1. The maximum Gasteiger partial charge on any atom is 0.278 e. The molecule has 2 aromatic carbocycles. The number of anilines is 1. The first kappa shape index (κ1) is 16.7. The van der Waals surface area contributed by atoms with E-state index >= 15 is 0 Å². The zero-order chi connectivity index (χ0) is 18.8. The molecular formula is C20H17N5O2. The smallest absolute Gasteiger partial charge is 0.278 e. The summed E-state index contributed by atoms with van der Waals surface area (Å²) in [5, 5.41) is 19.6. The van der Waals surface area contributed by atoms with E-state index in [0.29, 0.717) is 17.4 Å². The fourth-order valence-electron chi connectivity index (χ4n) is 3.08. The van der Waals surface area contributed by atoms with Crippen LogP contribution >= 0.6 is 0 Å². The molecule has 0 aliphatic rings. The maximum atomic E-state index is 11.3. The van der Waals surface area contributed by atoms with Gasteiger partial charge in [-0.3, -0.25) is 15.1 Å². The highest BCUT2D eigenvalue weighted by Gasteiger charge is 2.15. The lowest BCUT2D eigenvalue weighted by atomic mass is 10.1. The van der Waals surface area contributed by atoms with Crippen LogP contribution in [0.2, 0.25) is 0 Å². The van der Waals surface area contributed by atoms with Crippen LogP contribution in [0.3, 0.4) is 0 Å². The molecule has 0 spiro atoms. The first-order valence-electron chi connectivity index (χ1n) is 8.50. The molecule has 134 valence electrons. The van der Waals surface area contributed by atoms with E-state index in [0.717, 1.165) is 22.6 Å². The Hall–Kier alpha value is -3.74. The molecule has 0 saturated heterocycles. The van der Waals surface area contributed by atoms with Crippen molar-refractivity contribution in [2.45, 2.75) is 13.5 Å². The van der Waals surface area contributed by atoms with Crippen LogP contribution in [0.15, 0.2) is 67.0 Å². The van der Waals surface area contributed by atoms with Crippen LogP contribution < -0.4 is 5.32 Å². The van der Waals surface area contributed by atoms with Gasteiger partial charge in [0, 0.05) is 25.0 Å². The summed E-state index contributed by atoms with van der Waals surface area (Å²) in [6, 6.07) is 16.6. The van der Waals surface area contributed by atoms with E-state index in [1.807, 2.05) is 48.1 Å². The molecule has 0 atom stereocenters. The average molecular weight is 359 g/mol. The van der Waals surface area contributed by atoms with Gasteiger partial charge >= 0.3 is 0 Å². The normalized spacial score (nSPS) is 10.9. The Morgan fingerprint density at radius 2 is 1.96 bits per heavy atom. The largest absolute Gasteiger partial charge is 0.379 e. The highest BCUT2D eigenvalue weighted by atomic mass is 16.6. The number of aryl methyl sites for hydroxylation is 1. The number of nitrogens with zero attached hydrogens (tertiary/aromatic N) is 4. The molecule has 0 aliphatic carbocycles. The quantitative estimate of drug-likeness (QED) is 0.425. The first-order valence-corrected chi connectivity index (χ1v) is 8.50. The minimum atomic E-state index is -0.386. The zero-order valence-electron chi connectivity index (χ0n) is 14.7. The van der Waals surface area contributed by atoms with Crippen LogP contribution in [0.25, 0.3) is 16.6 Å². The Balaban J connectivity index is 1.68. The van der Waals surface area contributed by atoms with Gasteiger partial charge in [0.15, 0.2) is 0 Å². The van der Waals surface area contributed by atoms with Crippen LogP contribution in [0.4, 0.5) is 11.4 Å². The van der Waals surface area contributed by atoms with Crippen molar-refractivity contribution in [3.8, 4) is 5.69 Å². The molecule has 0 radical (unpaired) electrons. The summed E-state index contributed by atoms with van der Waals surface area (Å²) < 4.78 is 1.85. The van der Waals surface area contributed by atoms with Gasteiger partial charge < -0.3 is 5.32 Å². The van der Waals surface area contributed by atoms with Gasteiger partial charge in [0.05, 0.1) is 27.4 Å². The molecule has 2 heterocycles. The minimum absolute atomic E-state index is 0.0519. The second kappa shape index (κ2) is 6.87. The molecule has 0 aliphatic heterocycles. The molecule has 2 aromatic heterocycles. The predicted octanol–water partition coefficient (Wildman–Crippen LogP) is 4.25. The molecule has 4 aromatic rings. The highest BCUT2D eigenvalue weighted by Crippen LogP contribution is 2.30. The van der Waals surface area contributed by atoms with Gasteiger partial charge in [0.1, 0.15) is 5.52 Å². The predicted molar refractivity (Wildman–Crippen MR) is 104 cm³/mol. The van der Waals surface area contributed by atoms with Crippen LogP contribution in [0.1, 0.15) is 11.3 Å². The third-order valence-electron chi connectivity index (χ3n) is 4.37. The first-order chi connectivity index (χ1) is 13.1. The van der Waals surface area contributed by atoms with Crippen molar-refractivity contribution in [1.82, 2.24) is 14.8 Å². The number of fused-ring (bicyclic) bond motifs is 1. The number of nitrogens with one attached hydrogen (secondary N) is 1. The lowest BCUT2D eigenvalue weighted by molar-refractivity contribution is -0.383. The van der Waals surface area contributed by atoms with Crippen molar-refractivity contribution in [2.75, 3.05) is 5.32 Å². The number of para-hydroxylation sites is 1. The fraction of sp³-hybridized carbons (Fsp3) is 0.100. The Kier molecular flexibility index (Phi) is 4.25. The Bertz CT molecular complexity index is 1140. The van der Waals surface area contributed by atoms with Gasteiger partial charge in [-0.25, -0.2) is 4.68 Å². The lowest BCUT2D eigenvalue weighted by Crippen LogP contribution is -2.06. The molecule has 4 rings (SSSR count). The van der Waals surface area contributed by atoms with E-state index in [-0.39, 0.29) is 10.6 Å². The third-order valence-corrected chi connectivity index (χ3v) is 4.37. The Labute approximate surface area is 155 Å². The summed E-state index contributed by atoms with van der Waals surface area (Å²) in [4.78, 5) is 15.2. The number of rotatable bonds is 5. The molecule has 0 fully saturated rings. The molecule has 0 bridgehead atoms. The number of nitro groups is 1. The number of benzene rings is 2. The van der Waals surface area contributed by atoms with Crippen LogP contribution in [0, 0.1) is 17.0 Å². The van der Waals surface area contributed by atoms with Gasteiger partial charge in [0.2, 0.25) is 0 Å². The lowest BCUT2D eigenvalue weighted by Gasteiger charge is -2.13. The maximum absolute atomic E-state index is 11.3. The van der Waals surface area contributed by atoms with Gasteiger partial charge in [-0.05, 0) is 42.8 Å². The molecule has 0 unspecified atom stereocenters. The summed E-state index contributed by atoms with van der Waals surface area (Å²) in [5.74, 6) is 0. The van der Waals surface area contributed by atoms with Crippen molar-refractivity contribution in [3.63, 3.8) is 0 Å². The SMILES string of the molecule is Cc1ccn(-c2ccccc2CNc2ccc([N+](=O)[O-])c3cccnc23)n1. The van der Waals surface area contributed by atoms with E-state index in [2.05, 4.69) is 15.4 Å². The van der Waals surface area contributed by atoms with Crippen molar-refractivity contribution < 1.29 is 4.92 Å². The van der Waals surface area contributed by atoms with E-state index < -0.39 is 0 Å². The van der Waals surface area contributed by atoms with Crippen LogP contribution in [-0.2, 0) is 6.54 Å². The second-order valence-electron chi connectivity index (χ2n) is 6.17. The molecule has 27 heavy (non-hydrogen) atoms. The summed E-state index contributed by atoms with van der Waals surface area (Å²) in [6.45, 7) is 2.49. The molecule has 1 N–H and O–H groups in total. The Morgan fingerprint density at radius 1 is 1.11 bits per heavy atom. The molecule has 0 amide bonds. The summed E-state index contributed by atoms with van der Waals surface area (Å²) in [6.07, 6.45) is 3.56. The van der Waals surface area contributed by atoms with E-state index in [9.17, 15) is 10.1 Å². The van der Waals surface area contributed by atoms with E-state index in [1.54, 1.807) is 24.4 Å². The minimum Gasteiger partial charge on any atom is -0.379 e. The number of aromatic nitrogens is 3. The number of nitro benzene ring substituents is 1. The van der Waals surface area contributed by atoms with Gasteiger partial charge in [0.25, 0.3) is 5.69 Å². The standard InChI is InChI=1S/C20H17N5O2/c1-14-10-12-24(23-14)18-7-3-2-5-15(18)13-22-17-8-9-19(25(26)27)16-6-4-11-21-20(16)17/h2-12,22H,13H2,1H3. The molecule has 7 nitrogen and oxygen atoms in total. The second-order valence-corrected chi connectivity index (χ2v) is 6.17. The average Bonchev–Trinajstić information content (AvgIpc) is 3.12. The summed E-state index contributed by atoms with van der Waals surface area (Å²) in [7, 11) is 0. The molecular weight excluding hydrogens is 342 g/mol.